The molecule has 1 aliphatic carbocycles. The summed E-state index contributed by atoms with van der Waals surface area (Å²) in [6, 6.07) is 3.93. The lowest BCUT2D eigenvalue weighted by molar-refractivity contribution is -0.142. The average molecular weight is 284 g/mol. The fourth-order valence-electron chi connectivity index (χ4n) is 3.30. The Hall–Kier alpha value is -1.52. The third kappa shape index (κ3) is 2.09. The van der Waals surface area contributed by atoms with Crippen LogP contribution < -0.4 is 0 Å². The number of carbonyl (C=O) groups excluding carboxylic acids is 1. The van der Waals surface area contributed by atoms with Crippen molar-refractivity contribution < 1.29 is 22.7 Å². The highest BCUT2D eigenvalue weighted by Crippen LogP contribution is 2.58. The number of esters is 1. The summed E-state index contributed by atoms with van der Waals surface area (Å²) in [7, 11) is 0. The second kappa shape index (κ2) is 4.24. The van der Waals surface area contributed by atoms with Crippen LogP contribution in [-0.4, -0.2) is 5.97 Å². The summed E-state index contributed by atoms with van der Waals surface area (Å²) in [5.74, 6) is -0.301. The molecule has 2 fully saturated rings. The van der Waals surface area contributed by atoms with E-state index in [9.17, 15) is 18.0 Å². The molecule has 0 amide bonds. The summed E-state index contributed by atoms with van der Waals surface area (Å²) in [5, 5.41) is 0. The summed E-state index contributed by atoms with van der Waals surface area (Å²) in [5.41, 5.74) is 0.0633. The van der Waals surface area contributed by atoms with E-state index in [2.05, 4.69) is 0 Å². The van der Waals surface area contributed by atoms with Gasteiger partial charge in [-0.15, -0.1) is 0 Å². The molecule has 1 aliphatic heterocycles. The molecule has 1 unspecified atom stereocenters. The molecule has 0 radical (unpaired) electrons. The normalized spacial score (nSPS) is 24.6. The van der Waals surface area contributed by atoms with Gasteiger partial charge in [0.2, 0.25) is 0 Å². The number of alkyl halides is 3. The molecule has 0 N–H and O–H groups in total. The monoisotopic (exact) mass is 284 g/mol. The number of halogens is 3. The van der Waals surface area contributed by atoms with Gasteiger partial charge in [-0.1, -0.05) is 18.1 Å². The lowest BCUT2D eigenvalue weighted by Crippen LogP contribution is -2.32. The minimum absolute atomic E-state index is 0.270. The number of hydrogen-bond donors (Lipinski definition) is 0. The van der Waals surface area contributed by atoms with E-state index in [0.29, 0.717) is 17.5 Å². The summed E-state index contributed by atoms with van der Waals surface area (Å²) < 4.78 is 44.0. The highest BCUT2D eigenvalue weighted by atomic mass is 19.4. The van der Waals surface area contributed by atoms with Gasteiger partial charge in [0, 0.05) is 5.41 Å². The van der Waals surface area contributed by atoms with Gasteiger partial charge in [0.1, 0.15) is 6.10 Å². The average Bonchev–Trinajstić information content (AvgIpc) is 2.65. The van der Waals surface area contributed by atoms with Crippen LogP contribution in [0.25, 0.3) is 0 Å². The number of cyclic esters (lactones) is 1. The third-order valence-corrected chi connectivity index (χ3v) is 4.38. The van der Waals surface area contributed by atoms with Crippen LogP contribution in [0.5, 0.6) is 0 Å². The van der Waals surface area contributed by atoms with Crippen molar-refractivity contribution in [2.75, 3.05) is 0 Å². The maximum Gasteiger partial charge on any atom is 0.416 e. The molecule has 1 aromatic carbocycles. The van der Waals surface area contributed by atoms with E-state index < -0.39 is 17.8 Å². The molecule has 0 aromatic heterocycles. The van der Waals surface area contributed by atoms with E-state index in [1.807, 2.05) is 0 Å². The van der Waals surface area contributed by atoms with Gasteiger partial charge < -0.3 is 4.74 Å². The Balaban J connectivity index is 2.02. The van der Waals surface area contributed by atoms with Crippen LogP contribution in [0, 0.1) is 12.3 Å². The summed E-state index contributed by atoms with van der Waals surface area (Å²) in [6.07, 6.45) is -1.88. The Kier molecular flexibility index (Phi) is 2.85. The smallest absolute Gasteiger partial charge is 0.416 e. The van der Waals surface area contributed by atoms with E-state index in [1.54, 1.807) is 13.0 Å². The number of rotatable bonds is 1. The lowest BCUT2D eigenvalue weighted by Gasteiger charge is -2.40. The molecule has 1 atom stereocenters. The molecule has 1 aromatic rings. The molecule has 5 heteroatoms. The van der Waals surface area contributed by atoms with Gasteiger partial charge in [0.25, 0.3) is 0 Å². The van der Waals surface area contributed by atoms with E-state index in [1.165, 1.54) is 0 Å². The van der Waals surface area contributed by atoms with Gasteiger partial charge in [0.05, 0.1) is 12.0 Å². The number of benzene rings is 1. The number of aryl methyl sites for hydroxylation is 1. The molecule has 2 aliphatic rings. The molecule has 1 heterocycles. The van der Waals surface area contributed by atoms with Crippen LogP contribution in [0.1, 0.15) is 48.5 Å². The van der Waals surface area contributed by atoms with Crippen LogP contribution in [-0.2, 0) is 15.7 Å². The zero-order chi connectivity index (χ0) is 14.5. The van der Waals surface area contributed by atoms with E-state index in [4.69, 9.17) is 4.74 Å². The van der Waals surface area contributed by atoms with Crippen LogP contribution in [0.15, 0.2) is 18.2 Å². The molecular formula is C15H15F3O2. The quantitative estimate of drug-likeness (QED) is 0.723. The zero-order valence-electron chi connectivity index (χ0n) is 11.1. The Labute approximate surface area is 114 Å². The van der Waals surface area contributed by atoms with Crippen LogP contribution in [0.3, 0.4) is 0 Å². The largest absolute Gasteiger partial charge is 0.457 e. The Bertz CT molecular complexity index is 559. The Morgan fingerprint density at radius 1 is 1.25 bits per heavy atom. The van der Waals surface area contributed by atoms with E-state index in [0.717, 1.165) is 31.4 Å². The predicted octanol–water partition coefficient (Wildman–Crippen LogP) is 4.17. The second-order valence-corrected chi connectivity index (χ2v) is 5.89. The summed E-state index contributed by atoms with van der Waals surface area (Å²) in [6.45, 7) is 1.63. The first kappa shape index (κ1) is 13.5. The van der Waals surface area contributed by atoms with E-state index >= 15 is 0 Å². The highest BCUT2D eigenvalue weighted by molar-refractivity contribution is 5.73. The fraction of sp³-hybridized carbons (Fsp3) is 0.533. The van der Waals surface area contributed by atoms with Crippen molar-refractivity contribution in [2.24, 2.45) is 5.41 Å². The molecule has 20 heavy (non-hydrogen) atoms. The van der Waals surface area contributed by atoms with Crippen LogP contribution in [0.2, 0.25) is 0 Å². The SMILES string of the molecule is Cc1cc(C2OC(=O)CC23CCC3)cc(C(F)(F)F)c1. The highest BCUT2D eigenvalue weighted by Gasteiger charge is 2.53. The van der Waals surface area contributed by atoms with Gasteiger partial charge in [0.15, 0.2) is 0 Å². The standard InChI is InChI=1S/C15H15F3O2/c1-9-5-10(7-11(6-9)15(16,17)18)13-14(3-2-4-14)8-12(19)20-13/h5-7,13H,2-4,8H2,1H3. The fourth-order valence-corrected chi connectivity index (χ4v) is 3.30. The third-order valence-electron chi connectivity index (χ3n) is 4.38. The topological polar surface area (TPSA) is 26.3 Å². The number of ether oxygens (including phenoxy) is 1. The molecule has 2 nitrogen and oxygen atoms in total. The number of hydrogen-bond acceptors (Lipinski definition) is 2. The first-order valence-electron chi connectivity index (χ1n) is 6.68. The molecule has 3 rings (SSSR count). The number of carbonyl (C=O) groups is 1. The maximum atomic E-state index is 12.9. The van der Waals surface area contributed by atoms with Gasteiger partial charge >= 0.3 is 12.1 Å². The van der Waals surface area contributed by atoms with E-state index in [-0.39, 0.29) is 11.4 Å². The van der Waals surface area contributed by atoms with Crippen molar-refractivity contribution in [1.82, 2.24) is 0 Å². The minimum Gasteiger partial charge on any atom is -0.457 e. The molecule has 1 spiro atoms. The van der Waals surface area contributed by atoms with Gasteiger partial charge in [-0.05, 0) is 37.5 Å². The molecule has 0 bridgehead atoms. The van der Waals surface area contributed by atoms with Crippen molar-refractivity contribution in [3.63, 3.8) is 0 Å². The van der Waals surface area contributed by atoms with Crippen molar-refractivity contribution in [3.8, 4) is 0 Å². The Morgan fingerprint density at radius 3 is 2.50 bits per heavy atom. The Morgan fingerprint density at radius 2 is 1.95 bits per heavy atom. The van der Waals surface area contributed by atoms with Crippen LogP contribution >= 0.6 is 0 Å². The van der Waals surface area contributed by atoms with Crippen molar-refractivity contribution in [3.05, 3.63) is 34.9 Å². The molecule has 1 saturated heterocycles. The van der Waals surface area contributed by atoms with Crippen molar-refractivity contribution in [1.29, 1.82) is 0 Å². The lowest BCUT2D eigenvalue weighted by atomic mass is 9.63. The van der Waals surface area contributed by atoms with Gasteiger partial charge in [-0.2, -0.15) is 13.2 Å². The van der Waals surface area contributed by atoms with Crippen molar-refractivity contribution in [2.45, 2.75) is 44.9 Å². The minimum atomic E-state index is -4.38. The van der Waals surface area contributed by atoms with Crippen LogP contribution in [0.4, 0.5) is 13.2 Å². The maximum absolute atomic E-state index is 12.9. The first-order chi connectivity index (χ1) is 9.30. The second-order valence-electron chi connectivity index (χ2n) is 5.89. The van der Waals surface area contributed by atoms with Gasteiger partial charge in [-0.25, -0.2) is 0 Å². The van der Waals surface area contributed by atoms with Gasteiger partial charge in [-0.3, -0.25) is 4.79 Å². The summed E-state index contributed by atoms with van der Waals surface area (Å²) >= 11 is 0. The molecule has 1 saturated carbocycles. The zero-order valence-corrected chi connectivity index (χ0v) is 11.1. The van der Waals surface area contributed by atoms with Crippen molar-refractivity contribution >= 4 is 5.97 Å². The molecule has 108 valence electrons. The first-order valence-corrected chi connectivity index (χ1v) is 6.68. The summed E-state index contributed by atoms with van der Waals surface area (Å²) in [4.78, 5) is 11.6. The molecular weight excluding hydrogens is 269 g/mol. The predicted molar refractivity (Wildman–Crippen MR) is 65.9 cm³/mol.